The van der Waals surface area contributed by atoms with E-state index in [1.54, 1.807) is 7.11 Å². The van der Waals surface area contributed by atoms with Gasteiger partial charge in [0.05, 0.1) is 6.61 Å². The molecule has 2 atom stereocenters. The summed E-state index contributed by atoms with van der Waals surface area (Å²) in [6.45, 7) is 7.41. The van der Waals surface area contributed by atoms with Gasteiger partial charge in [0.1, 0.15) is 0 Å². The maximum absolute atomic E-state index is 11.7. The summed E-state index contributed by atoms with van der Waals surface area (Å²) >= 11 is 0. The molecule has 0 aromatic carbocycles. The van der Waals surface area contributed by atoms with Crippen LogP contribution in [0.4, 0.5) is 0 Å². The van der Waals surface area contributed by atoms with Crippen molar-refractivity contribution in [3.63, 3.8) is 0 Å². The summed E-state index contributed by atoms with van der Waals surface area (Å²) in [5.41, 5.74) is 0.271. The molecule has 0 aliphatic heterocycles. The van der Waals surface area contributed by atoms with Gasteiger partial charge < -0.3 is 15.4 Å². The van der Waals surface area contributed by atoms with E-state index >= 15 is 0 Å². The maximum atomic E-state index is 11.7. The van der Waals surface area contributed by atoms with Gasteiger partial charge in [-0.05, 0) is 18.3 Å². The van der Waals surface area contributed by atoms with Gasteiger partial charge in [-0.25, -0.2) is 0 Å². The van der Waals surface area contributed by atoms with Crippen LogP contribution in [-0.4, -0.2) is 39.3 Å². The second-order valence-corrected chi connectivity index (χ2v) is 4.80. The van der Waals surface area contributed by atoms with Crippen LogP contribution in [0.2, 0.25) is 0 Å². The third-order valence-electron chi connectivity index (χ3n) is 3.56. The molecule has 0 heterocycles. The number of ether oxygens (including phenoxy) is 1. The van der Waals surface area contributed by atoms with Crippen LogP contribution in [0.15, 0.2) is 0 Å². The Morgan fingerprint density at radius 2 is 2.19 bits per heavy atom. The molecular formula is C12H24N2O2. The first-order chi connectivity index (χ1) is 7.64. The van der Waals surface area contributed by atoms with Crippen LogP contribution >= 0.6 is 0 Å². The zero-order valence-corrected chi connectivity index (χ0v) is 10.6. The van der Waals surface area contributed by atoms with E-state index in [0.717, 1.165) is 25.9 Å². The third kappa shape index (κ3) is 3.76. The van der Waals surface area contributed by atoms with Gasteiger partial charge in [-0.1, -0.05) is 13.8 Å². The number of amides is 1. The molecule has 1 amide bonds. The molecule has 16 heavy (non-hydrogen) atoms. The fourth-order valence-corrected chi connectivity index (χ4v) is 1.90. The van der Waals surface area contributed by atoms with Crippen LogP contribution < -0.4 is 10.6 Å². The molecule has 0 aromatic heterocycles. The molecule has 94 valence electrons. The predicted molar refractivity (Wildman–Crippen MR) is 64.3 cm³/mol. The lowest BCUT2D eigenvalue weighted by molar-refractivity contribution is -0.123. The minimum Gasteiger partial charge on any atom is -0.383 e. The Labute approximate surface area is 98.1 Å². The number of hydrogen-bond acceptors (Lipinski definition) is 3. The summed E-state index contributed by atoms with van der Waals surface area (Å²) in [4.78, 5) is 11.7. The fraction of sp³-hybridized carbons (Fsp3) is 0.917. The Morgan fingerprint density at radius 3 is 2.75 bits per heavy atom. The first kappa shape index (κ1) is 13.5. The number of hydrogen-bond donors (Lipinski definition) is 2. The first-order valence-electron chi connectivity index (χ1n) is 6.11. The maximum Gasteiger partial charge on any atom is 0.223 e. The number of nitrogens with one attached hydrogen (secondary N) is 2. The Balaban J connectivity index is 2.00. The molecule has 1 saturated carbocycles. The second-order valence-electron chi connectivity index (χ2n) is 4.80. The van der Waals surface area contributed by atoms with Crippen molar-refractivity contribution in [2.75, 3.05) is 33.4 Å². The molecule has 1 rings (SSSR count). The van der Waals surface area contributed by atoms with Crippen molar-refractivity contribution in [2.24, 2.45) is 11.3 Å². The number of carbonyl (C=O) groups excluding carboxylic acids is 1. The zero-order chi connectivity index (χ0) is 12.0. The van der Waals surface area contributed by atoms with Crippen molar-refractivity contribution < 1.29 is 9.53 Å². The summed E-state index contributed by atoms with van der Waals surface area (Å²) in [5.74, 6) is 0.467. The SMILES string of the molecule is CCC1(C)CC1C(=O)NCCNCCOC. The molecule has 4 nitrogen and oxygen atoms in total. The van der Waals surface area contributed by atoms with E-state index < -0.39 is 0 Å². The molecule has 1 fully saturated rings. The highest BCUT2D eigenvalue weighted by Crippen LogP contribution is 2.54. The van der Waals surface area contributed by atoms with Crippen molar-refractivity contribution in [3.8, 4) is 0 Å². The van der Waals surface area contributed by atoms with Crippen molar-refractivity contribution in [3.05, 3.63) is 0 Å². The summed E-state index contributed by atoms with van der Waals surface area (Å²) in [7, 11) is 1.68. The summed E-state index contributed by atoms with van der Waals surface area (Å²) in [5, 5.41) is 6.16. The van der Waals surface area contributed by atoms with Crippen LogP contribution in [0.25, 0.3) is 0 Å². The molecule has 1 aliphatic rings. The van der Waals surface area contributed by atoms with Crippen LogP contribution in [0.1, 0.15) is 26.7 Å². The average molecular weight is 228 g/mol. The van der Waals surface area contributed by atoms with E-state index in [1.165, 1.54) is 0 Å². The summed E-state index contributed by atoms with van der Waals surface area (Å²) < 4.78 is 4.91. The molecular weight excluding hydrogens is 204 g/mol. The van der Waals surface area contributed by atoms with Gasteiger partial charge in [-0.3, -0.25) is 4.79 Å². The Bertz CT molecular complexity index is 233. The van der Waals surface area contributed by atoms with Gasteiger partial charge in [0.2, 0.25) is 5.91 Å². The predicted octanol–water partition coefficient (Wildman–Crippen LogP) is 0.775. The van der Waals surface area contributed by atoms with Gasteiger partial charge in [0.25, 0.3) is 0 Å². The van der Waals surface area contributed by atoms with Crippen LogP contribution in [0, 0.1) is 11.3 Å². The second kappa shape index (κ2) is 6.21. The van der Waals surface area contributed by atoms with Gasteiger partial charge in [0, 0.05) is 32.7 Å². The van der Waals surface area contributed by atoms with Crippen molar-refractivity contribution >= 4 is 5.91 Å². The number of carbonyl (C=O) groups is 1. The van der Waals surface area contributed by atoms with E-state index in [1.807, 2.05) is 0 Å². The van der Waals surface area contributed by atoms with Crippen molar-refractivity contribution in [2.45, 2.75) is 26.7 Å². The smallest absolute Gasteiger partial charge is 0.223 e. The largest absolute Gasteiger partial charge is 0.383 e. The molecule has 2 unspecified atom stereocenters. The standard InChI is InChI=1S/C12H24N2O2/c1-4-12(2)9-10(12)11(15)14-6-5-13-7-8-16-3/h10,13H,4-9H2,1-3H3,(H,14,15). The van der Waals surface area contributed by atoms with E-state index in [9.17, 15) is 4.79 Å². The number of methoxy groups -OCH3 is 1. The highest BCUT2D eigenvalue weighted by Gasteiger charge is 2.52. The van der Waals surface area contributed by atoms with Gasteiger partial charge in [-0.2, -0.15) is 0 Å². The third-order valence-corrected chi connectivity index (χ3v) is 3.56. The van der Waals surface area contributed by atoms with Gasteiger partial charge >= 0.3 is 0 Å². The summed E-state index contributed by atoms with van der Waals surface area (Å²) in [6, 6.07) is 0. The normalized spacial score (nSPS) is 27.8. The monoisotopic (exact) mass is 228 g/mol. The molecule has 0 bridgehead atoms. The van der Waals surface area contributed by atoms with Crippen LogP contribution in [-0.2, 0) is 9.53 Å². The van der Waals surface area contributed by atoms with Gasteiger partial charge in [-0.15, -0.1) is 0 Å². The van der Waals surface area contributed by atoms with Crippen LogP contribution in [0.3, 0.4) is 0 Å². The van der Waals surface area contributed by atoms with Gasteiger partial charge in [0.15, 0.2) is 0 Å². The van der Waals surface area contributed by atoms with Crippen molar-refractivity contribution in [1.82, 2.24) is 10.6 Å². The van der Waals surface area contributed by atoms with E-state index in [-0.39, 0.29) is 17.2 Å². The fourth-order valence-electron chi connectivity index (χ4n) is 1.90. The Kier molecular flexibility index (Phi) is 5.22. The molecule has 0 saturated heterocycles. The topological polar surface area (TPSA) is 50.4 Å². The minimum absolute atomic E-state index is 0.220. The molecule has 0 spiro atoms. The van der Waals surface area contributed by atoms with E-state index in [2.05, 4.69) is 24.5 Å². The minimum atomic E-state index is 0.220. The quantitative estimate of drug-likeness (QED) is 0.603. The lowest BCUT2D eigenvalue weighted by Gasteiger charge is -2.09. The molecule has 0 radical (unpaired) electrons. The highest BCUT2D eigenvalue weighted by molar-refractivity contribution is 5.82. The van der Waals surface area contributed by atoms with Crippen molar-refractivity contribution in [1.29, 1.82) is 0 Å². The summed E-state index contributed by atoms with van der Waals surface area (Å²) in [6.07, 6.45) is 2.14. The number of rotatable bonds is 8. The Morgan fingerprint density at radius 1 is 1.44 bits per heavy atom. The lowest BCUT2D eigenvalue weighted by Crippen LogP contribution is -2.34. The molecule has 1 aliphatic carbocycles. The zero-order valence-electron chi connectivity index (χ0n) is 10.6. The lowest BCUT2D eigenvalue weighted by atomic mass is 10.0. The highest BCUT2D eigenvalue weighted by atomic mass is 16.5. The Hall–Kier alpha value is -0.610. The molecule has 0 aromatic rings. The first-order valence-corrected chi connectivity index (χ1v) is 6.11. The van der Waals surface area contributed by atoms with E-state index in [0.29, 0.717) is 13.2 Å². The van der Waals surface area contributed by atoms with Crippen LogP contribution in [0.5, 0.6) is 0 Å². The molecule has 2 N–H and O–H groups in total. The van der Waals surface area contributed by atoms with E-state index in [4.69, 9.17) is 4.74 Å². The molecule has 4 heteroatoms. The average Bonchev–Trinajstić information content (AvgIpc) is 2.97.